The van der Waals surface area contributed by atoms with Gasteiger partial charge in [-0.1, -0.05) is 6.92 Å². The summed E-state index contributed by atoms with van der Waals surface area (Å²) >= 11 is 0. The minimum atomic E-state index is -0.0302. The molecule has 0 bridgehead atoms. The van der Waals surface area contributed by atoms with E-state index in [0.29, 0.717) is 18.5 Å². The van der Waals surface area contributed by atoms with Gasteiger partial charge in [0.1, 0.15) is 0 Å². The Morgan fingerprint density at radius 2 is 1.76 bits per heavy atom. The van der Waals surface area contributed by atoms with Gasteiger partial charge in [-0.05, 0) is 38.4 Å². The molecular formula is C13H18N2O2. The number of nitrogens with zero attached hydrogens (tertiary/aromatic N) is 1. The molecular weight excluding hydrogens is 216 g/mol. The monoisotopic (exact) mass is 234 g/mol. The topological polar surface area (TPSA) is 49.4 Å². The predicted molar refractivity (Wildman–Crippen MR) is 68.2 cm³/mol. The Morgan fingerprint density at radius 3 is 2.24 bits per heavy atom. The number of amides is 1. The molecule has 4 heteroatoms. The largest absolute Gasteiger partial charge is 0.326 e. The number of nitrogens with one attached hydrogen (secondary N) is 1. The predicted octanol–water partition coefficient (Wildman–Crippen LogP) is 1.78. The second-order valence-corrected chi connectivity index (χ2v) is 4.14. The van der Waals surface area contributed by atoms with Crippen LogP contribution >= 0.6 is 0 Å². The van der Waals surface area contributed by atoms with E-state index < -0.39 is 0 Å². The Bertz CT molecular complexity index is 396. The fourth-order valence-corrected chi connectivity index (χ4v) is 1.37. The van der Waals surface area contributed by atoms with Gasteiger partial charge in [0.15, 0.2) is 5.78 Å². The van der Waals surface area contributed by atoms with Gasteiger partial charge in [-0.25, -0.2) is 0 Å². The van der Waals surface area contributed by atoms with E-state index in [0.717, 1.165) is 5.69 Å². The lowest BCUT2D eigenvalue weighted by Gasteiger charge is -2.09. The molecule has 0 heterocycles. The summed E-state index contributed by atoms with van der Waals surface area (Å²) in [5, 5.41) is 2.74. The second kappa shape index (κ2) is 6.15. The molecule has 0 spiro atoms. The van der Waals surface area contributed by atoms with E-state index in [1.54, 1.807) is 31.2 Å². The van der Waals surface area contributed by atoms with Gasteiger partial charge in [-0.3, -0.25) is 9.59 Å². The number of likely N-dealkylation sites (N-methyl/N-ethyl adjacent to an activating group) is 1. The average Bonchev–Trinajstić information content (AvgIpc) is 2.28. The summed E-state index contributed by atoms with van der Waals surface area (Å²) in [4.78, 5) is 24.7. The Balaban J connectivity index is 2.67. The van der Waals surface area contributed by atoms with E-state index in [1.807, 2.05) is 19.0 Å². The van der Waals surface area contributed by atoms with E-state index in [4.69, 9.17) is 0 Å². The number of hydrogen-bond acceptors (Lipinski definition) is 3. The number of anilines is 1. The quantitative estimate of drug-likeness (QED) is 0.790. The zero-order valence-electron chi connectivity index (χ0n) is 10.5. The number of carbonyl (C=O) groups excluding carboxylic acids is 2. The number of carbonyl (C=O) groups is 2. The van der Waals surface area contributed by atoms with Crippen LogP contribution in [0.3, 0.4) is 0 Å². The van der Waals surface area contributed by atoms with Crippen LogP contribution in [0, 0.1) is 0 Å². The molecule has 0 unspecified atom stereocenters. The third kappa shape index (κ3) is 4.36. The van der Waals surface area contributed by atoms with Gasteiger partial charge in [-0.15, -0.1) is 0 Å². The Kier molecular flexibility index (Phi) is 4.84. The minimum Gasteiger partial charge on any atom is -0.326 e. The third-order valence-electron chi connectivity index (χ3n) is 2.27. The van der Waals surface area contributed by atoms with Crippen molar-refractivity contribution in [3.05, 3.63) is 29.8 Å². The first-order valence-corrected chi connectivity index (χ1v) is 5.60. The highest BCUT2D eigenvalue weighted by atomic mass is 16.1. The maximum Gasteiger partial charge on any atom is 0.224 e. The van der Waals surface area contributed by atoms with Gasteiger partial charge in [0, 0.05) is 17.7 Å². The molecule has 0 saturated heterocycles. The SMILES string of the molecule is CCC(=O)Nc1ccc(C(=O)CN(C)C)cc1. The lowest BCUT2D eigenvalue weighted by Crippen LogP contribution is -2.21. The summed E-state index contributed by atoms with van der Waals surface area (Å²) in [5.41, 5.74) is 1.38. The Morgan fingerprint density at radius 1 is 1.18 bits per heavy atom. The fraction of sp³-hybridized carbons (Fsp3) is 0.385. The van der Waals surface area contributed by atoms with Crippen molar-refractivity contribution in [2.75, 3.05) is 26.0 Å². The zero-order chi connectivity index (χ0) is 12.8. The van der Waals surface area contributed by atoms with E-state index in [2.05, 4.69) is 5.32 Å². The summed E-state index contributed by atoms with van der Waals surface area (Å²) in [5.74, 6) is 0.0423. The number of benzene rings is 1. The van der Waals surface area contributed by atoms with Gasteiger partial charge >= 0.3 is 0 Å². The van der Waals surface area contributed by atoms with E-state index in [1.165, 1.54) is 0 Å². The van der Waals surface area contributed by atoms with E-state index in [-0.39, 0.29) is 11.7 Å². The molecule has 1 amide bonds. The van der Waals surface area contributed by atoms with Crippen molar-refractivity contribution in [1.82, 2.24) is 4.90 Å². The van der Waals surface area contributed by atoms with Crippen LogP contribution in [0.15, 0.2) is 24.3 Å². The number of rotatable bonds is 5. The van der Waals surface area contributed by atoms with Crippen LogP contribution < -0.4 is 5.32 Å². The highest BCUT2D eigenvalue weighted by molar-refractivity contribution is 5.98. The molecule has 4 nitrogen and oxygen atoms in total. The van der Waals surface area contributed by atoms with Gasteiger partial charge in [0.2, 0.25) is 5.91 Å². The molecule has 1 N–H and O–H groups in total. The molecule has 0 aliphatic rings. The van der Waals surface area contributed by atoms with Crippen LogP contribution in [0.1, 0.15) is 23.7 Å². The first-order chi connectivity index (χ1) is 8.02. The van der Waals surface area contributed by atoms with E-state index in [9.17, 15) is 9.59 Å². The van der Waals surface area contributed by atoms with Crippen LogP contribution in [0.5, 0.6) is 0 Å². The summed E-state index contributed by atoms with van der Waals surface area (Å²) in [6, 6.07) is 6.96. The maximum absolute atomic E-state index is 11.7. The van der Waals surface area contributed by atoms with Crippen molar-refractivity contribution in [1.29, 1.82) is 0 Å². The Labute approximate surface area is 102 Å². The smallest absolute Gasteiger partial charge is 0.224 e. The van der Waals surface area contributed by atoms with Crippen LogP contribution in [-0.2, 0) is 4.79 Å². The highest BCUT2D eigenvalue weighted by Crippen LogP contribution is 2.10. The van der Waals surface area contributed by atoms with Crippen molar-refractivity contribution in [2.45, 2.75) is 13.3 Å². The normalized spacial score (nSPS) is 10.4. The lowest BCUT2D eigenvalue weighted by atomic mass is 10.1. The molecule has 0 saturated carbocycles. The van der Waals surface area contributed by atoms with Gasteiger partial charge in [0.05, 0.1) is 6.54 Å². The zero-order valence-corrected chi connectivity index (χ0v) is 10.5. The lowest BCUT2D eigenvalue weighted by molar-refractivity contribution is -0.115. The first-order valence-electron chi connectivity index (χ1n) is 5.60. The number of hydrogen-bond donors (Lipinski definition) is 1. The van der Waals surface area contributed by atoms with Gasteiger partial charge in [-0.2, -0.15) is 0 Å². The van der Waals surface area contributed by atoms with Crippen LogP contribution in [0.2, 0.25) is 0 Å². The molecule has 0 aliphatic carbocycles. The van der Waals surface area contributed by atoms with Crippen LogP contribution in [0.25, 0.3) is 0 Å². The summed E-state index contributed by atoms with van der Waals surface area (Å²) in [7, 11) is 3.71. The molecule has 0 fully saturated rings. The number of ketones is 1. The van der Waals surface area contributed by atoms with Gasteiger partial charge in [0.25, 0.3) is 0 Å². The Hall–Kier alpha value is -1.68. The average molecular weight is 234 g/mol. The molecule has 1 aromatic carbocycles. The van der Waals surface area contributed by atoms with Crippen molar-refractivity contribution in [3.8, 4) is 0 Å². The third-order valence-corrected chi connectivity index (χ3v) is 2.27. The number of Topliss-reactive ketones (excluding diaryl/α,β-unsaturated/α-hetero) is 1. The summed E-state index contributed by atoms with van der Waals surface area (Å²) in [6.07, 6.45) is 0.446. The molecule has 0 aromatic heterocycles. The van der Waals surface area contributed by atoms with E-state index >= 15 is 0 Å². The molecule has 17 heavy (non-hydrogen) atoms. The first kappa shape index (κ1) is 13.4. The van der Waals surface area contributed by atoms with Crippen molar-refractivity contribution < 1.29 is 9.59 Å². The van der Waals surface area contributed by atoms with Gasteiger partial charge < -0.3 is 10.2 Å². The second-order valence-electron chi connectivity index (χ2n) is 4.14. The fourth-order valence-electron chi connectivity index (χ4n) is 1.37. The van der Waals surface area contributed by atoms with Crippen LogP contribution in [0.4, 0.5) is 5.69 Å². The molecule has 0 aliphatic heterocycles. The standard InChI is InChI=1S/C13H18N2O2/c1-4-13(17)14-11-7-5-10(6-8-11)12(16)9-15(2)3/h5-8H,4,9H2,1-3H3,(H,14,17). The van der Waals surface area contributed by atoms with Crippen molar-refractivity contribution in [2.24, 2.45) is 0 Å². The minimum absolute atomic E-state index is 0.0302. The molecule has 1 rings (SSSR count). The molecule has 92 valence electrons. The molecule has 0 radical (unpaired) electrons. The highest BCUT2D eigenvalue weighted by Gasteiger charge is 2.07. The van der Waals surface area contributed by atoms with Crippen molar-refractivity contribution in [3.63, 3.8) is 0 Å². The maximum atomic E-state index is 11.7. The van der Waals surface area contributed by atoms with Crippen molar-refractivity contribution >= 4 is 17.4 Å². The molecule has 0 atom stereocenters. The molecule has 1 aromatic rings. The summed E-state index contributed by atoms with van der Waals surface area (Å²) < 4.78 is 0. The summed E-state index contributed by atoms with van der Waals surface area (Å²) in [6.45, 7) is 2.19. The van der Waals surface area contributed by atoms with Crippen LogP contribution in [-0.4, -0.2) is 37.2 Å².